The van der Waals surface area contributed by atoms with Gasteiger partial charge < -0.3 is 9.15 Å². The van der Waals surface area contributed by atoms with Gasteiger partial charge in [-0.1, -0.05) is 43.0 Å². The first-order valence-corrected chi connectivity index (χ1v) is 7.78. The van der Waals surface area contributed by atoms with Gasteiger partial charge in [-0.05, 0) is 25.7 Å². The molecule has 0 aromatic carbocycles. The highest BCUT2D eigenvalue weighted by Gasteiger charge is 2.24. The molecule has 19 heavy (non-hydrogen) atoms. The number of rotatable bonds is 5. The van der Waals surface area contributed by atoms with E-state index in [1.807, 2.05) is 0 Å². The molecule has 2 rings (SSSR count). The number of hydrogen-bond acceptors (Lipinski definition) is 6. The van der Waals surface area contributed by atoms with Crippen LogP contribution in [0.2, 0.25) is 0 Å². The zero-order chi connectivity index (χ0) is 13.7. The van der Waals surface area contributed by atoms with E-state index >= 15 is 0 Å². The highest BCUT2D eigenvalue weighted by atomic mass is 32.2. The Balaban J connectivity index is 1.90. The van der Waals surface area contributed by atoms with Crippen molar-refractivity contribution in [2.24, 2.45) is 5.92 Å². The van der Waals surface area contributed by atoms with Gasteiger partial charge in [0.15, 0.2) is 0 Å². The third-order valence-electron chi connectivity index (χ3n) is 3.44. The zero-order valence-corrected chi connectivity index (χ0v) is 12.2. The highest BCUT2D eigenvalue weighted by molar-refractivity contribution is 7.99. The van der Waals surface area contributed by atoms with Crippen molar-refractivity contribution >= 4 is 17.7 Å². The molecule has 1 fully saturated rings. The third-order valence-corrected chi connectivity index (χ3v) is 4.56. The maximum Gasteiger partial charge on any atom is 0.396 e. The van der Waals surface area contributed by atoms with E-state index in [0.29, 0.717) is 17.1 Å². The first kappa shape index (κ1) is 14.4. The summed E-state index contributed by atoms with van der Waals surface area (Å²) in [5.41, 5.74) is 0. The summed E-state index contributed by atoms with van der Waals surface area (Å²) in [5.74, 6) is 0.211. The first-order valence-electron chi connectivity index (χ1n) is 6.90. The van der Waals surface area contributed by atoms with Crippen LogP contribution >= 0.6 is 11.8 Å². The maximum absolute atomic E-state index is 11.4. The molecule has 2 unspecified atom stereocenters. The minimum absolute atomic E-state index is 0.0489. The summed E-state index contributed by atoms with van der Waals surface area (Å²) in [6.45, 7) is 4.30. The Morgan fingerprint density at radius 3 is 3.00 bits per heavy atom. The highest BCUT2D eigenvalue weighted by Crippen LogP contribution is 2.36. The summed E-state index contributed by atoms with van der Waals surface area (Å²) in [7, 11) is 0. The fourth-order valence-corrected chi connectivity index (χ4v) is 3.55. The van der Waals surface area contributed by atoms with Crippen molar-refractivity contribution in [2.45, 2.75) is 56.4 Å². The van der Waals surface area contributed by atoms with Gasteiger partial charge in [0.2, 0.25) is 0 Å². The van der Waals surface area contributed by atoms with Crippen molar-refractivity contribution in [1.29, 1.82) is 0 Å². The van der Waals surface area contributed by atoms with Crippen LogP contribution in [0.1, 0.15) is 56.6 Å². The van der Waals surface area contributed by atoms with Crippen molar-refractivity contribution < 1.29 is 13.9 Å². The van der Waals surface area contributed by atoms with E-state index in [-0.39, 0.29) is 5.89 Å². The fourth-order valence-electron chi connectivity index (χ4n) is 2.39. The minimum Gasteiger partial charge on any atom is -0.459 e. The Morgan fingerprint density at radius 1 is 1.42 bits per heavy atom. The van der Waals surface area contributed by atoms with Gasteiger partial charge in [-0.15, -0.1) is 5.10 Å². The lowest BCUT2D eigenvalue weighted by Crippen LogP contribution is -2.16. The Kier molecular flexibility index (Phi) is 5.24. The number of thioether (sulfide) groups is 1. The summed E-state index contributed by atoms with van der Waals surface area (Å²) in [5, 5.41) is 8.64. The van der Waals surface area contributed by atoms with E-state index in [1.165, 1.54) is 32.1 Å². The predicted molar refractivity (Wildman–Crippen MR) is 72.1 cm³/mol. The Labute approximate surface area is 117 Å². The lowest BCUT2D eigenvalue weighted by atomic mass is 9.87. The van der Waals surface area contributed by atoms with Crippen LogP contribution in [0.15, 0.2) is 9.64 Å². The van der Waals surface area contributed by atoms with Gasteiger partial charge in [0.25, 0.3) is 5.22 Å². The van der Waals surface area contributed by atoms with Crippen LogP contribution in [-0.2, 0) is 4.74 Å². The normalized spacial score (nSPS) is 23.3. The van der Waals surface area contributed by atoms with Crippen LogP contribution in [-0.4, -0.2) is 28.0 Å². The first-order chi connectivity index (χ1) is 9.22. The molecular weight excluding hydrogens is 264 g/mol. The number of carbonyl (C=O) groups is 1. The number of carbonyl (C=O) groups excluding carboxylic acids is 1. The average molecular weight is 284 g/mol. The molecule has 1 saturated carbocycles. The van der Waals surface area contributed by atoms with Crippen LogP contribution in [0.3, 0.4) is 0 Å². The molecule has 106 valence electrons. The molecule has 1 aromatic heterocycles. The molecule has 0 bridgehead atoms. The molecule has 2 atom stereocenters. The largest absolute Gasteiger partial charge is 0.459 e. The molecule has 1 heterocycles. The van der Waals surface area contributed by atoms with Crippen molar-refractivity contribution in [1.82, 2.24) is 10.2 Å². The number of ether oxygens (including phenoxy) is 1. The average Bonchev–Trinajstić information content (AvgIpc) is 2.88. The van der Waals surface area contributed by atoms with Gasteiger partial charge in [-0.25, -0.2) is 4.79 Å². The lowest BCUT2D eigenvalue weighted by Gasteiger charge is -2.26. The smallest absolute Gasteiger partial charge is 0.396 e. The molecular formula is C13H20N2O3S. The van der Waals surface area contributed by atoms with Gasteiger partial charge in [-0.2, -0.15) is 0 Å². The lowest BCUT2D eigenvalue weighted by molar-refractivity contribution is 0.0475. The van der Waals surface area contributed by atoms with Crippen LogP contribution in [0, 0.1) is 5.92 Å². The SMILES string of the molecule is CCOC(=O)c1nnc(SC2CCCC(CC)C2)o1. The van der Waals surface area contributed by atoms with Crippen molar-refractivity contribution in [3.8, 4) is 0 Å². The van der Waals surface area contributed by atoms with Gasteiger partial charge >= 0.3 is 11.9 Å². The summed E-state index contributed by atoms with van der Waals surface area (Å²) in [6, 6.07) is 0. The molecule has 0 amide bonds. The molecule has 0 spiro atoms. The molecule has 1 aromatic rings. The molecule has 0 radical (unpaired) electrons. The number of esters is 1. The molecule has 1 aliphatic rings. The summed E-state index contributed by atoms with van der Waals surface area (Å²) in [6.07, 6.45) is 6.19. The molecule has 5 nitrogen and oxygen atoms in total. The number of aromatic nitrogens is 2. The summed E-state index contributed by atoms with van der Waals surface area (Å²) >= 11 is 1.59. The fraction of sp³-hybridized carbons (Fsp3) is 0.769. The molecule has 0 saturated heterocycles. The van der Waals surface area contributed by atoms with E-state index in [0.717, 1.165) is 5.92 Å². The Morgan fingerprint density at radius 2 is 2.26 bits per heavy atom. The quantitative estimate of drug-likeness (QED) is 0.773. The Bertz CT molecular complexity index is 422. The topological polar surface area (TPSA) is 65.2 Å². The summed E-state index contributed by atoms with van der Waals surface area (Å²) in [4.78, 5) is 11.4. The molecule has 1 aliphatic carbocycles. The second-order valence-corrected chi connectivity index (χ2v) is 6.03. The van der Waals surface area contributed by atoms with Gasteiger partial charge in [-0.3, -0.25) is 0 Å². The van der Waals surface area contributed by atoms with E-state index in [1.54, 1.807) is 18.7 Å². The summed E-state index contributed by atoms with van der Waals surface area (Å²) < 4.78 is 10.2. The van der Waals surface area contributed by atoms with Gasteiger partial charge in [0.1, 0.15) is 0 Å². The van der Waals surface area contributed by atoms with Gasteiger partial charge in [0, 0.05) is 5.25 Å². The van der Waals surface area contributed by atoms with Crippen LogP contribution in [0.5, 0.6) is 0 Å². The van der Waals surface area contributed by atoms with Crippen LogP contribution in [0.4, 0.5) is 0 Å². The van der Waals surface area contributed by atoms with E-state index in [4.69, 9.17) is 9.15 Å². The molecule has 0 N–H and O–H groups in total. The maximum atomic E-state index is 11.4. The van der Waals surface area contributed by atoms with Crippen molar-refractivity contribution in [3.63, 3.8) is 0 Å². The minimum atomic E-state index is -0.545. The molecule has 0 aliphatic heterocycles. The number of hydrogen-bond donors (Lipinski definition) is 0. The van der Waals surface area contributed by atoms with E-state index < -0.39 is 5.97 Å². The van der Waals surface area contributed by atoms with Crippen molar-refractivity contribution in [2.75, 3.05) is 6.61 Å². The zero-order valence-electron chi connectivity index (χ0n) is 11.4. The Hall–Kier alpha value is -1.04. The predicted octanol–water partition coefficient (Wildman–Crippen LogP) is 3.31. The standard InChI is InChI=1S/C13H20N2O3S/c1-3-9-6-5-7-10(8-9)19-13-15-14-11(18-13)12(16)17-4-2/h9-10H,3-8H2,1-2H3. The second-order valence-electron chi connectivity index (χ2n) is 4.77. The van der Waals surface area contributed by atoms with Crippen LogP contribution in [0.25, 0.3) is 0 Å². The van der Waals surface area contributed by atoms with Crippen LogP contribution < -0.4 is 0 Å². The van der Waals surface area contributed by atoms with Gasteiger partial charge in [0.05, 0.1) is 6.61 Å². The third kappa shape index (κ3) is 3.96. The molecule has 6 heteroatoms. The van der Waals surface area contributed by atoms with E-state index in [9.17, 15) is 4.79 Å². The van der Waals surface area contributed by atoms with Crippen molar-refractivity contribution in [3.05, 3.63) is 5.89 Å². The monoisotopic (exact) mass is 284 g/mol. The number of nitrogens with zero attached hydrogens (tertiary/aromatic N) is 2. The van der Waals surface area contributed by atoms with E-state index in [2.05, 4.69) is 17.1 Å². The second kappa shape index (κ2) is 6.93.